The fourth-order valence-electron chi connectivity index (χ4n) is 1.64. The Bertz CT molecular complexity index is 295. The van der Waals surface area contributed by atoms with Crippen molar-refractivity contribution < 1.29 is 4.80 Å². The topological polar surface area (TPSA) is 20.2 Å². The van der Waals surface area contributed by atoms with Crippen LogP contribution in [-0.4, -0.2) is 13.8 Å². The lowest BCUT2D eigenvalue weighted by Crippen LogP contribution is -2.09. The largest absolute Gasteiger partial charge is 0.434 e. The van der Waals surface area contributed by atoms with E-state index in [-0.39, 0.29) is 0 Å². The van der Waals surface area contributed by atoms with Gasteiger partial charge in [-0.3, -0.25) is 0 Å². The first kappa shape index (κ1) is 13.2. The second-order valence-electron chi connectivity index (χ2n) is 4.19. The van der Waals surface area contributed by atoms with Crippen molar-refractivity contribution in [2.45, 2.75) is 38.3 Å². The highest BCUT2D eigenvalue weighted by Crippen LogP contribution is 2.05. The lowest BCUT2D eigenvalue weighted by molar-refractivity contribution is 0.565. The predicted octanol–water partition coefficient (Wildman–Crippen LogP) is 3.30. The van der Waals surface area contributed by atoms with Gasteiger partial charge < -0.3 is 4.80 Å². The predicted molar refractivity (Wildman–Crippen MR) is 73.2 cm³/mol. The SMILES string of the molecule is CCCC[SiH](O)CC=CCc1ccccc1. The van der Waals surface area contributed by atoms with Gasteiger partial charge in [0.1, 0.15) is 0 Å². The smallest absolute Gasteiger partial charge is 0.176 e. The Balaban J connectivity index is 2.18. The van der Waals surface area contributed by atoms with E-state index in [9.17, 15) is 4.80 Å². The molecule has 0 fully saturated rings. The van der Waals surface area contributed by atoms with Crippen LogP contribution in [0.25, 0.3) is 0 Å². The third kappa shape index (κ3) is 5.88. The number of rotatable bonds is 7. The molecule has 1 atom stereocenters. The van der Waals surface area contributed by atoms with Crippen LogP contribution >= 0.6 is 0 Å². The Morgan fingerprint density at radius 2 is 1.94 bits per heavy atom. The molecule has 16 heavy (non-hydrogen) atoms. The van der Waals surface area contributed by atoms with Gasteiger partial charge in [0, 0.05) is 0 Å². The molecule has 1 rings (SSSR count). The molecule has 0 aliphatic heterocycles. The Morgan fingerprint density at radius 3 is 2.62 bits per heavy atom. The second-order valence-corrected chi connectivity index (χ2v) is 6.55. The van der Waals surface area contributed by atoms with Crippen molar-refractivity contribution in [2.24, 2.45) is 0 Å². The maximum absolute atomic E-state index is 9.77. The lowest BCUT2D eigenvalue weighted by atomic mass is 10.1. The number of unbranched alkanes of at least 4 members (excludes halogenated alkanes) is 1. The highest BCUT2D eigenvalue weighted by atomic mass is 28.3. The fourth-order valence-corrected chi connectivity index (χ4v) is 3.27. The van der Waals surface area contributed by atoms with E-state index in [1.807, 2.05) is 6.07 Å². The van der Waals surface area contributed by atoms with Crippen LogP contribution in [0.1, 0.15) is 25.3 Å². The van der Waals surface area contributed by atoms with Crippen molar-refractivity contribution in [1.82, 2.24) is 0 Å². The van der Waals surface area contributed by atoms with Gasteiger partial charge in [-0.05, 0) is 24.1 Å². The minimum atomic E-state index is -1.43. The van der Waals surface area contributed by atoms with Gasteiger partial charge in [0.15, 0.2) is 9.04 Å². The van der Waals surface area contributed by atoms with Gasteiger partial charge in [0.05, 0.1) is 0 Å². The molecule has 0 radical (unpaired) electrons. The van der Waals surface area contributed by atoms with E-state index in [0.717, 1.165) is 18.5 Å². The highest BCUT2D eigenvalue weighted by molar-refractivity contribution is 6.50. The van der Waals surface area contributed by atoms with Gasteiger partial charge in [0.2, 0.25) is 0 Å². The Morgan fingerprint density at radius 1 is 1.19 bits per heavy atom. The Kier molecular flexibility index (Phi) is 6.86. The summed E-state index contributed by atoms with van der Waals surface area (Å²) in [7, 11) is -1.43. The number of hydrogen-bond acceptors (Lipinski definition) is 1. The van der Waals surface area contributed by atoms with Crippen LogP contribution in [0.3, 0.4) is 0 Å². The van der Waals surface area contributed by atoms with E-state index >= 15 is 0 Å². The van der Waals surface area contributed by atoms with Crippen molar-refractivity contribution in [1.29, 1.82) is 0 Å². The molecule has 1 unspecified atom stereocenters. The van der Waals surface area contributed by atoms with E-state index in [0.29, 0.717) is 0 Å². The summed E-state index contributed by atoms with van der Waals surface area (Å²) in [5, 5.41) is 0. The van der Waals surface area contributed by atoms with Crippen molar-refractivity contribution in [2.75, 3.05) is 0 Å². The van der Waals surface area contributed by atoms with Gasteiger partial charge >= 0.3 is 0 Å². The standard InChI is InChI=1S/C14H22OSi/c1-2-3-12-16(15)13-8-7-11-14-9-5-4-6-10-14/h4-10,15-16H,2-3,11-13H2,1H3. The first-order valence-corrected chi connectivity index (χ1v) is 8.35. The molecule has 0 bridgehead atoms. The van der Waals surface area contributed by atoms with Crippen molar-refractivity contribution in [3.05, 3.63) is 48.0 Å². The Labute approximate surface area is 101 Å². The number of allylic oxidation sites excluding steroid dienone is 2. The molecule has 0 spiro atoms. The summed E-state index contributed by atoms with van der Waals surface area (Å²) in [6.45, 7) is 2.17. The van der Waals surface area contributed by atoms with Crippen LogP contribution < -0.4 is 0 Å². The summed E-state index contributed by atoms with van der Waals surface area (Å²) >= 11 is 0. The number of benzene rings is 1. The molecule has 0 aromatic heterocycles. The molecule has 1 nitrogen and oxygen atoms in total. The summed E-state index contributed by atoms with van der Waals surface area (Å²) < 4.78 is 0. The van der Waals surface area contributed by atoms with E-state index < -0.39 is 9.04 Å². The van der Waals surface area contributed by atoms with Gasteiger partial charge in [-0.15, -0.1) is 0 Å². The molecule has 0 saturated carbocycles. The quantitative estimate of drug-likeness (QED) is 0.567. The zero-order valence-corrected chi connectivity index (χ0v) is 11.3. The van der Waals surface area contributed by atoms with Crippen molar-refractivity contribution in [3.63, 3.8) is 0 Å². The van der Waals surface area contributed by atoms with E-state index in [1.165, 1.54) is 18.4 Å². The summed E-state index contributed by atoms with van der Waals surface area (Å²) in [4.78, 5) is 9.77. The summed E-state index contributed by atoms with van der Waals surface area (Å²) in [6.07, 6.45) is 7.69. The third-order valence-corrected chi connectivity index (χ3v) is 4.55. The minimum Gasteiger partial charge on any atom is -0.434 e. The van der Waals surface area contributed by atoms with Crippen LogP contribution in [0.5, 0.6) is 0 Å². The molecular formula is C14H22OSi. The molecule has 1 N–H and O–H groups in total. The second kappa shape index (κ2) is 8.31. The first-order chi connectivity index (χ1) is 7.83. The monoisotopic (exact) mass is 234 g/mol. The maximum Gasteiger partial charge on any atom is 0.176 e. The van der Waals surface area contributed by atoms with Crippen molar-refractivity contribution >= 4 is 9.04 Å². The zero-order chi connectivity index (χ0) is 11.6. The zero-order valence-electron chi connectivity index (χ0n) is 10.1. The summed E-state index contributed by atoms with van der Waals surface area (Å²) in [5.41, 5.74) is 1.34. The van der Waals surface area contributed by atoms with Gasteiger partial charge in [-0.25, -0.2) is 0 Å². The van der Waals surface area contributed by atoms with Crippen LogP contribution in [0, 0.1) is 0 Å². The van der Waals surface area contributed by atoms with Crippen LogP contribution in [0.2, 0.25) is 12.1 Å². The lowest BCUT2D eigenvalue weighted by Gasteiger charge is -2.03. The van der Waals surface area contributed by atoms with Gasteiger partial charge in [0.25, 0.3) is 0 Å². The van der Waals surface area contributed by atoms with Crippen LogP contribution in [0.4, 0.5) is 0 Å². The first-order valence-electron chi connectivity index (χ1n) is 6.20. The van der Waals surface area contributed by atoms with Gasteiger partial charge in [-0.2, -0.15) is 0 Å². The molecule has 1 aromatic rings. The molecule has 0 aliphatic carbocycles. The van der Waals surface area contributed by atoms with Gasteiger partial charge in [-0.1, -0.05) is 62.2 Å². The molecule has 0 aliphatic rings. The molecule has 0 heterocycles. The minimum absolute atomic E-state index is 0.923. The van der Waals surface area contributed by atoms with E-state index in [2.05, 4.69) is 43.3 Å². The van der Waals surface area contributed by atoms with Crippen LogP contribution in [-0.2, 0) is 6.42 Å². The highest BCUT2D eigenvalue weighted by Gasteiger charge is 2.02. The summed E-state index contributed by atoms with van der Waals surface area (Å²) in [5.74, 6) is 0. The third-order valence-electron chi connectivity index (χ3n) is 2.66. The van der Waals surface area contributed by atoms with E-state index in [1.54, 1.807) is 0 Å². The van der Waals surface area contributed by atoms with Crippen LogP contribution in [0.15, 0.2) is 42.5 Å². The molecular weight excluding hydrogens is 212 g/mol. The molecule has 0 amide bonds. The Hall–Kier alpha value is -0.863. The van der Waals surface area contributed by atoms with Crippen molar-refractivity contribution in [3.8, 4) is 0 Å². The average Bonchev–Trinajstić information content (AvgIpc) is 2.33. The molecule has 0 saturated heterocycles. The normalized spacial score (nSPS) is 13.1. The summed E-state index contributed by atoms with van der Waals surface area (Å²) in [6, 6.07) is 12.4. The molecule has 88 valence electrons. The van der Waals surface area contributed by atoms with E-state index in [4.69, 9.17) is 0 Å². The average molecular weight is 234 g/mol. The maximum atomic E-state index is 9.77. The molecule has 1 aromatic carbocycles. The number of hydrogen-bond donors (Lipinski definition) is 1. The fraction of sp³-hybridized carbons (Fsp3) is 0.429. The molecule has 2 heteroatoms.